The molecule has 0 amide bonds. The summed E-state index contributed by atoms with van der Waals surface area (Å²) in [6.45, 7) is 5.37. The van der Waals surface area contributed by atoms with Crippen LogP contribution in [0.4, 0.5) is 0 Å². The number of thiol groups is 1. The number of rotatable bonds is 6. The van der Waals surface area contributed by atoms with E-state index in [2.05, 4.69) is 24.9 Å². The van der Waals surface area contributed by atoms with Gasteiger partial charge < -0.3 is 29.1 Å². The fourth-order valence-corrected chi connectivity index (χ4v) is 3.62. The number of nitrogens with one attached hydrogen (secondary N) is 1. The number of carbonyl (C=O) groups is 1. The SMILES string of the molecule is CCN[C@H]1CO[C@@H](O[C@H]2[C@H](S)O[C@H](C)C[C@@H]2C=O)C[C@@H]1OC. The Morgan fingerprint density at radius 3 is 2.82 bits per heavy atom. The average Bonchev–Trinajstić information content (AvgIpc) is 2.51. The largest absolute Gasteiger partial charge is 0.380 e. The molecule has 7 heteroatoms. The van der Waals surface area contributed by atoms with E-state index in [0.29, 0.717) is 19.4 Å². The highest BCUT2D eigenvalue weighted by Gasteiger charge is 2.40. The first-order valence-corrected chi connectivity index (χ1v) is 8.42. The van der Waals surface area contributed by atoms with E-state index in [4.69, 9.17) is 18.9 Å². The van der Waals surface area contributed by atoms with Crippen molar-refractivity contribution < 1.29 is 23.7 Å². The van der Waals surface area contributed by atoms with Crippen LogP contribution in [-0.4, -0.2) is 62.6 Å². The van der Waals surface area contributed by atoms with Gasteiger partial charge in [-0.3, -0.25) is 0 Å². The lowest BCUT2D eigenvalue weighted by molar-refractivity contribution is -0.246. The van der Waals surface area contributed by atoms with Crippen LogP contribution < -0.4 is 5.32 Å². The quantitative estimate of drug-likeness (QED) is 0.558. The summed E-state index contributed by atoms with van der Waals surface area (Å²) >= 11 is 4.42. The second-order valence-electron chi connectivity index (χ2n) is 5.91. The van der Waals surface area contributed by atoms with Gasteiger partial charge in [-0.25, -0.2) is 0 Å². The number of carbonyl (C=O) groups excluding carboxylic acids is 1. The van der Waals surface area contributed by atoms with Gasteiger partial charge in [0, 0.05) is 19.4 Å². The third-order valence-electron chi connectivity index (χ3n) is 4.27. The van der Waals surface area contributed by atoms with Crippen molar-refractivity contribution in [1.82, 2.24) is 5.32 Å². The first-order valence-electron chi connectivity index (χ1n) is 7.91. The van der Waals surface area contributed by atoms with Crippen LogP contribution in [0.25, 0.3) is 0 Å². The fraction of sp³-hybridized carbons (Fsp3) is 0.933. The summed E-state index contributed by atoms with van der Waals surface area (Å²) in [5, 5.41) is 3.34. The van der Waals surface area contributed by atoms with Crippen molar-refractivity contribution in [2.75, 3.05) is 20.3 Å². The molecule has 0 aromatic carbocycles. The van der Waals surface area contributed by atoms with Crippen molar-refractivity contribution in [2.45, 2.75) is 62.8 Å². The third kappa shape index (κ3) is 4.43. The number of hydrogen-bond donors (Lipinski definition) is 2. The zero-order valence-corrected chi connectivity index (χ0v) is 14.3. The second kappa shape index (κ2) is 8.61. The smallest absolute Gasteiger partial charge is 0.160 e. The van der Waals surface area contributed by atoms with Gasteiger partial charge in [-0.15, -0.1) is 12.6 Å². The van der Waals surface area contributed by atoms with Crippen LogP contribution in [0, 0.1) is 5.92 Å². The molecule has 0 spiro atoms. The van der Waals surface area contributed by atoms with E-state index < -0.39 is 17.8 Å². The molecule has 2 fully saturated rings. The molecule has 2 aliphatic rings. The van der Waals surface area contributed by atoms with E-state index in [0.717, 1.165) is 12.8 Å². The Morgan fingerprint density at radius 2 is 2.18 bits per heavy atom. The van der Waals surface area contributed by atoms with E-state index in [-0.39, 0.29) is 24.2 Å². The first-order chi connectivity index (χ1) is 10.6. The summed E-state index contributed by atoms with van der Waals surface area (Å²) < 4.78 is 23.0. The Balaban J connectivity index is 1.93. The van der Waals surface area contributed by atoms with Crippen LogP contribution in [0.5, 0.6) is 0 Å². The normalized spacial score (nSPS) is 43.0. The predicted octanol–water partition coefficient (Wildman–Crippen LogP) is 0.991. The summed E-state index contributed by atoms with van der Waals surface area (Å²) in [6, 6.07) is 0.158. The molecule has 0 radical (unpaired) electrons. The number of likely N-dealkylation sites (N-methyl/N-ethyl adjacent to an activating group) is 1. The lowest BCUT2D eigenvalue weighted by Gasteiger charge is -2.41. The van der Waals surface area contributed by atoms with Gasteiger partial charge in [0.2, 0.25) is 0 Å². The van der Waals surface area contributed by atoms with Crippen LogP contribution in [0.1, 0.15) is 26.7 Å². The lowest BCUT2D eigenvalue weighted by atomic mass is 9.94. The molecule has 22 heavy (non-hydrogen) atoms. The molecule has 7 atom stereocenters. The number of methoxy groups -OCH3 is 1. The van der Waals surface area contributed by atoms with Gasteiger partial charge in [-0.05, 0) is 19.9 Å². The maximum atomic E-state index is 11.3. The van der Waals surface area contributed by atoms with Crippen molar-refractivity contribution in [3.8, 4) is 0 Å². The molecule has 0 aromatic heterocycles. The Morgan fingerprint density at radius 1 is 1.41 bits per heavy atom. The van der Waals surface area contributed by atoms with Gasteiger partial charge in [0.25, 0.3) is 0 Å². The molecule has 0 aliphatic carbocycles. The minimum atomic E-state index is -0.421. The van der Waals surface area contributed by atoms with Crippen molar-refractivity contribution in [2.24, 2.45) is 5.92 Å². The monoisotopic (exact) mass is 333 g/mol. The van der Waals surface area contributed by atoms with E-state index >= 15 is 0 Å². The Labute approximate surface area is 137 Å². The molecular weight excluding hydrogens is 306 g/mol. The van der Waals surface area contributed by atoms with Crippen molar-refractivity contribution in [3.05, 3.63) is 0 Å². The standard InChI is InChI=1S/C15H27NO5S/c1-4-16-11-8-19-13(6-12(11)18-3)21-14-10(7-17)5-9(2)20-15(14)22/h7,9-16,22H,4-6,8H2,1-3H3/t9-,10-,11+,12+,13+,14-,15+/m1/s1. The Kier molecular flexibility index (Phi) is 7.11. The number of hydrogen-bond acceptors (Lipinski definition) is 7. The zero-order valence-electron chi connectivity index (χ0n) is 13.4. The number of ether oxygens (including phenoxy) is 4. The fourth-order valence-electron chi connectivity index (χ4n) is 3.12. The summed E-state index contributed by atoms with van der Waals surface area (Å²) in [7, 11) is 1.69. The Bertz CT molecular complexity index is 359. The highest BCUT2D eigenvalue weighted by molar-refractivity contribution is 7.80. The van der Waals surface area contributed by atoms with Gasteiger partial charge in [-0.2, -0.15) is 0 Å². The minimum Gasteiger partial charge on any atom is -0.380 e. The molecule has 0 saturated carbocycles. The molecule has 0 aromatic rings. The molecule has 2 rings (SSSR count). The maximum absolute atomic E-state index is 11.3. The molecule has 2 saturated heterocycles. The summed E-state index contributed by atoms with van der Waals surface area (Å²) in [4.78, 5) is 11.3. The highest BCUT2D eigenvalue weighted by Crippen LogP contribution is 2.31. The predicted molar refractivity (Wildman–Crippen MR) is 85.0 cm³/mol. The molecule has 0 bridgehead atoms. The molecule has 0 unspecified atom stereocenters. The van der Waals surface area contributed by atoms with E-state index in [1.807, 2.05) is 6.92 Å². The van der Waals surface area contributed by atoms with Gasteiger partial charge >= 0.3 is 0 Å². The van der Waals surface area contributed by atoms with Gasteiger partial charge in [0.1, 0.15) is 17.8 Å². The van der Waals surface area contributed by atoms with Crippen molar-refractivity contribution in [1.29, 1.82) is 0 Å². The van der Waals surface area contributed by atoms with Gasteiger partial charge in [0.05, 0.1) is 24.9 Å². The molecule has 128 valence electrons. The summed E-state index contributed by atoms with van der Waals surface area (Å²) in [5.41, 5.74) is -0.421. The molecular formula is C15H27NO5S. The lowest BCUT2D eigenvalue weighted by Crippen LogP contribution is -2.53. The molecule has 2 aliphatic heterocycles. The van der Waals surface area contributed by atoms with Crippen molar-refractivity contribution >= 4 is 18.9 Å². The second-order valence-corrected chi connectivity index (χ2v) is 6.42. The van der Waals surface area contributed by atoms with Crippen LogP contribution >= 0.6 is 12.6 Å². The van der Waals surface area contributed by atoms with Crippen LogP contribution in [0.3, 0.4) is 0 Å². The minimum absolute atomic E-state index is 0.00897. The van der Waals surface area contributed by atoms with Crippen LogP contribution in [0.15, 0.2) is 0 Å². The average molecular weight is 333 g/mol. The Hall–Kier alpha value is -0.180. The summed E-state index contributed by atoms with van der Waals surface area (Å²) in [6.07, 6.45) is 1.43. The third-order valence-corrected chi connectivity index (χ3v) is 4.68. The van der Waals surface area contributed by atoms with Crippen LogP contribution in [0.2, 0.25) is 0 Å². The van der Waals surface area contributed by atoms with E-state index in [1.165, 1.54) is 0 Å². The molecule has 1 N–H and O–H groups in total. The molecule has 2 heterocycles. The number of aldehydes is 1. The topological polar surface area (TPSA) is 66.0 Å². The highest BCUT2D eigenvalue weighted by atomic mass is 32.1. The summed E-state index contributed by atoms with van der Waals surface area (Å²) in [5.74, 6) is -0.220. The van der Waals surface area contributed by atoms with Crippen molar-refractivity contribution in [3.63, 3.8) is 0 Å². The van der Waals surface area contributed by atoms with E-state index in [9.17, 15) is 4.79 Å². The van der Waals surface area contributed by atoms with E-state index in [1.54, 1.807) is 7.11 Å². The van der Waals surface area contributed by atoms with Crippen LogP contribution in [-0.2, 0) is 23.7 Å². The molecule has 6 nitrogen and oxygen atoms in total. The van der Waals surface area contributed by atoms with Gasteiger partial charge in [-0.1, -0.05) is 6.92 Å². The van der Waals surface area contributed by atoms with Gasteiger partial charge in [0.15, 0.2) is 6.29 Å². The zero-order chi connectivity index (χ0) is 16.1. The maximum Gasteiger partial charge on any atom is 0.160 e. The first kappa shape index (κ1) is 18.2.